The van der Waals surface area contributed by atoms with E-state index in [-0.39, 0.29) is 11.8 Å². The molecule has 0 bridgehead atoms. The number of likely N-dealkylation sites (tertiary alicyclic amines) is 1. The van der Waals surface area contributed by atoms with Crippen molar-refractivity contribution in [3.05, 3.63) is 48.6 Å². The number of carbonyl (C=O) groups excluding carboxylic acids is 2. The molecule has 1 aromatic rings. The van der Waals surface area contributed by atoms with Crippen LogP contribution in [0.5, 0.6) is 0 Å². The summed E-state index contributed by atoms with van der Waals surface area (Å²) in [4.78, 5) is 26.9. The summed E-state index contributed by atoms with van der Waals surface area (Å²) in [6.45, 7) is 5.36. The molecule has 6 nitrogen and oxygen atoms in total. The van der Waals surface area contributed by atoms with Gasteiger partial charge in [-0.15, -0.1) is 0 Å². The fourth-order valence-corrected chi connectivity index (χ4v) is 3.81. The summed E-state index contributed by atoms with van der Waals surface area (Å²) in [5.41, 5.74) is 0.227. The van der Waals surface area contributed by atoms with Gasteiger partial charge in [0.1, 0.15) is 0 Å². The Bertz CT molecular complexity index is 653. The monoisotopic (exact) mass is 358 g/mol. The van der Waals surface area contributed by atoms with E-state index in [9.17, 15) is 14.7 Å². The summed E-state index contributed by atoms with van der Waals surface area (Å²) >= 11 is 0. The van der Waals surface area contributed by atoms with E-state index in [0.29, 0.717) is 45.6 Å². The molecule has 0 saturated carbocycles. The number of amides is 2. The highest BCUT2D eigenvalue weighted by atomic mass is 16.5. The molecule has 2 atom stereocenters. The van der Waals surface area contributed by atoms with Gasteiger partial charge >= 0.3 is 0 Å². The topological polar surface area (TPSA) is 78.9 Å². The Morgan fingerprint density at radius 3 is 2.58 bits per heavy atom. The normalized spacial score (nSPS) is 25.3. The van der Waals surface area contributed by atoms with Crippen LogP contribution in [0, 0.1) is 0 Å². The third-order valence-electron chi connectivity index (χ3n) is 5.50. The van der Waals surface area contributed by atoms with Gasteiger partial charge in [-0.3, -0.25) is 9.59 Å². The number of nitrogens with one attached hydrogen (secondary N) is 1. The summed E-state index contributed by atoms with van der Waals surface area (Å²) in [5.74, 6) is -0.216. The minimum Gasteiger partial charge on any atom is -0.391 e. The zero-order chi connectivity index (χ0) is 18.6. The molecule has 0 spiro atoms. The summed E-state index contributed by atoms with van der Waals surface area (Å²) in [6, 6.07) is 9.28. The Hall–Kier alpha value is -2.18. The minimum atomic E-state index is -0.712. The highest BCUT2D eigenvalue weighted by molar-refractivity contribution is 5.90. The number of nitrogens with zero attached hydrogens (tertiary/aromatic N) is 1. The second kappa shape index (κ2) is 8.01. The molecule has 2 N–H and O–H groups in total. The van der Waals surface area contributed by atoms with Crippen molar-refractivity contribution >= 4 is 11.8 Å². The number of aliphatic hydroxyl groups excluding tert-OH is 1. The number of hydrogen-bond acceptors (Lipinski definition) is 4. The summed E-state index contributed by atoms with van der Waals surface area (Å²) < 4.78 is 5.40. The van der Waals surface area contributed by atoms with Crippen LogP contribution >= 0.6 is 0 Å². The van der Waals surface area contributed by atoms with Gasteiger partial charge in [-0.25, -0.2) is 0 Å². The first-order valence-electron chi connectivity index (χ1n) is 9.10. The molecule has 2 heterocycles. The maximum atomic E-state index is 13.3. The number of ether oxygens (including phenoxy) is 1. The van der Waals surface area contributed by atoms with Gasteiger partial charge in [0, 0.05) is 19.7 Å². The Balaban J connectivity index is 1.81. The lowest BCUT2D eigenvalue weighted by atomic mass is 9.71. The second-order valence-electron chi connectivity index (χ2n) is 6.99. The third kappa shape index (κ3) is 3.66. The van der Waals surface area contributed by atoms with Gasteiger partial charge in [0.2, 0.25) is 11.8 Å². The van der Waals surface area contributed by atoms with E-state index in [0.717, 1.165) is 5.56 Å². The van der Waals surface area contributed by atoms with E-state index < -0.39 is 17.6 Å². The summed E-state index contributed by atoms with van der Waals surface area (Å²) in [6.07, 6.45) is 2.30. The highest BCUT2D eigenvalue weighted by Crippen LogP contribution is 2.36. The molecular weight excluding hydrogens is 332 g/mol. The Morgan fingerprint density at radius 1 is 1.27 bits per heavy atom. The zero-order valence-corrected chi connectivity index (χ0v) is 14.9. The summed E-state index contributed by atoms with van der Waals surface area (Å²) in [5, 5.41) is 13.2. The largest absolute Gasteiger partial charge is 0.391 e. The standard InChI is InChI=1S/C20H26N2O4/c1-2-18(24)22-11-9-20(10-12-22,15-6-4-3-5-7-15)19(25)21-16-14-26-13-8-17(16)23/h2-7,16-17,23H,1,8-14H2,(H,21,25)/t16-,17-/m1/s1. The van der Waals surface area contributed by atoms with Crippen LogP contribution in [0.2, 0.25) is 0 Å². The lowest BCUT2D eigenvalue weighted by Gasteiger charge is -2.42. The molecule has 0 radical (unpaired) electrons. The van der Waals surface area contributed by atoms with Crippen molar-refractivity contribution in [2.45, 2.75) is 36.8 Å². The van der Waals surface area contributed by atoms with E-state index in [1.165, 1.54) is 6.08 Å². The van der Waals surface area contributed by atoms with Gasteiger partial charge < -0.3 is 20.1 Å². The van der Waals surface area contributed by atoms with Crippen LogP contribution < -0.4 is 5.32 Å². The lowest BCUT2D eigenvalue weighted by molar-refractivity contribution is -0.136. The predicted octanol–water partition coefficient (Wildman–Crippen LogP) is 0.999. The molecule has 6 heteroatoms. The van der Waals surface area contributed by atoms with Crippen molar-refractivity contribution < 1.29 is 19.4 Å². The molecule has 3 rings (SSSR count). The molecule has 1 aromatic carbocycles. The van der Waals surface area contributed by atoms with Crippen LogP contribution in [0.1, 0.15) is 24.8 Å². The zero-order valence-electron chi connectivity index (χ0n) is 14.9. The van der Waals surface area contributed by atoms with Crippen LogP contribution in [0.4, 0.5) is 0 Å². The molecule has 26 heavy (non-hydrogen) atoms. The number of aliphatic hydroxyl groups is 1. The van der Waals surface area contributed by atoms with Gasteiger partial charge in [0.05, 0.1) is 24.2 Å². The molecular formula is C20H26N2O4. The van der Waals surface area contributed by atoms with Crippen molar-refractivity contribution in [3.63, 3.8) is 0 Å². The first-order chi connectivity index (χ1) is 12.6. The second-order valence-corrected chi connectivity index (χ2v) is 6.99. The first-order valence-corrected chi connectivity index (χ1v) is 9.10. The molecule has 2 aliphatic rings. The number of piperidine rings is 1. The van der Waals surface area contributed by atoms with E-state index in [2.05, 4.69) is 11.9 Å². The van der Waals surface area contributed by atoms with Gasteiger partial charge in [-0.05, 0) is 30.9 Å². The van der Waals surface area contributed by atoms with Crippen molar-refractivity contribution in [1.82, 2.24) is 10.2 Å². The average Bonchev–Trinajstić information content (AvgIpc) is 2.69. The van der Waals surface area contributed by atoms with Crippen molar-refractivity contribution in [2.24, 2.45) is 0 Å². The van der Waals surface area contributed by atoms with Crippen LogP contribution in [-0.2, 0) is 19.7 Å². The maximum absolute atomic E-state index is 13.3. The van der Waals surface area contributed by atoms with Gasteiger partial charge in [-0.2, -0.15) is 0 Å². The number of rotatable bonds is 4. The molecule has 2 fully saturated rings. The molecule has 2 saturated heterocycles. The average molecular weight is 358 g/mol. The molecule has 2 aliphatic heterocycles. The lowest BCUT2D eigenvalue weighted by Crippen LogP contribution is -2.58. The Labute approximate surface area is 153 Å². The first kappa shape index (κ1) is 18.6. The maximum Gasteiger partial charge on any atom is 0.245 e. The molecule has 0 aliphatic carbocycles. The van der Waals surface area contributed by atoms with E-state index >= 15 is 0 Å². The van der Waals surface area contributed by atoms with Crippen LogP contribution in [-0.4, -0.2) is 60.3 Å². The van der Waals surface area contributed by atoms with Crippen LogP contribution in [0.15, 0.2) is 43.0 Å². The smallest absolute Gasteiger partial charge is 0.245 e. The number of hydrogen-bond donors (Lipinski definition) is 2. The van der Waals surface area contributed by atoms with Crippen LogP contribution in [0.25, 0.3) is 0 Å². The van der Waals surface area contributed by atoms with E-state index in [4.69, 9.17) is 4.74 Å². The number of benzene rings is 1. The fraction of sp³-hybridized carbons (Fsp3) is 0.500. The van der Waals surface area contributed by atoms with E-state index in [1.54, 1.807) is 4.90 Å². The summed E-state index contributed by atoms with van der Waals surface area (Å²) in [7, 11) is 0. The van der Waals surface area contributed by atoms with Gasteiger partial charge in [0.25, 0.3) is 0 Å². The molecule has 0 unspecified atom stereocenters. The molecule has 0 aromatic heterocycles. The third-order valence-corrected chi connectivity index (χ3v) is 5.50. The Kier molecular flexibility index (Phi) is 5.74. The van der Waals surface area contributed by atoms with E-state index in [1.807, 2.05) is 30.3 Å². The Morgan fingerprint density at radius 2 is 1.96 bits per heavy atom. The quantitative estimate of drug-likeness (QED) is 0.787. The number of carbonyl (C=O) groups is 2. The van der Waals surface area contributed by atoms with Gasteiger partial charge in [-0.1, -0.05) is 36.9 Å². The van der Waals surface area contributed by atoms with Crippen molar-refractivity contribution in [1.29, 1.82) is 0 Å². The minimum absolute atomic E-state index is 0.107. The molecule has 140 valence electrons. The predicted molar refractivity (Wildman–Crippen MR) is 97.5 cm³/mol. The van der Waals surface area contributed by atoms with Crippen molar-refractivity contribution in [3.8, 4) is 0 Å². The SMILES string of the molecule is C=CC(=O)N1CCC(C(=O)N[C@@H]2COCC[C@H]2O)(c2ccccc2)CC1. The van der Waals surface area contributed by atoms with Crippen molar-refractivity contribution in [2.75, 3.05) is 26.3 Å². The highest BCUT2D eigenvalue weighted by Gasteiger charge is 2.44. The van der Waals surface area contributed by atoms with Gasteiger partial charge in [0.15, 0.2) is 0 Å². The fourth-order valence-electron chi connectivity index (χ4n) is 3.81. The van der Waals surface area contributed by atoms with Crippen LogP contribution in [0.3, 0.4) is 0 Å². The molecule has 2 amide bonds.